The van der Waals surface area contributed by atoms with Gasteiger partial charge in [-0.1, -0.05) is 54.1 Å². The van der Waals surface area contributed by atoms with Gasteiger partial charge in [0.2, 0.25) is 10.0 Å². The molecule has 3 aromatic rings. The molecule has 6 heteroatoms. The second-order valence-electron chi connectivity index (χ2n) is 8.28. The van der Waals surface area contributed by atoms with Crippen molar-refractivity contribution < 1.29 is 8.42 Å². The Bertz CT molecular complexity index is 1230. The third kappa shape index (κ3) is 3.35. The molecule has 5 rings (SSSR count). The number of nitrogens with one attached hydrogen (secondary N) is 1. The summed E-state index contributed by atoms with van der Waals surface area (Å²) in [7, 11) is -3.51. The van der Waals surface area contributed by atoms with Crippen LogP contribution < -0.4 is 5.32 Å². The van der Waals surface area contributed by atoms with Crippen LogP contribution in [0.2, 0.25) is 0 Å². The van der Waals surface area contributed by atoms with E-state index in [1.54, 1.807) is 16.4 Å². The van der Waals surface area contributed by atoms with Gasteiger partial charge in [0.1, 0.15) is 0 Å². The first-order valence-corrected chi connectivity index (χ1v) is 11.8. The average molecular weight is 430 g/mol. The van der Waals surface area contributed by atoms with Crippen LogP contribution in [0.3, 0.4) is 0 Å². The van der Waals surface area contributed by atoms with Crippen molar-refractivity contribution >= 4 is 10.0 Å². The maximum Gasteiger partial charge on any atom is 0.243 e. The van der Waals surface area contributed by atoms with Crippen LogP contribution in [0.4, 0.5) is 0 Å². The highest BCUT2D eigenvalue weighted by Crippen LogP contribution is 2.46. The highest BCUT2D eigenvalue weighted by atomic mass is 32.2. The van der Waals surface area contributed by atoms with Crippen molar-refractivity contribution in [1.29, 1.82) is 5.26 Å². The summed E-state index contributed by atoms with van der Waals surface area (Å²) >= 11 is 0. The number of hydrogen-bond acceptors (Lipinski definition) is 4. The molecule has 0 aliphatic carbocycles. The lowest BCUT2D eigenvalue weighted by Crippen LogP contribution is -2.73. The van der Waals surface area contributed by atoms with E-state index in [1.165, 1.54) is 5.56 Å². The van der Waals surface area contributed by atoms with Gasteiger partial charge < -0.3 is 5.32 Å². The number of piperidine rings is 1. The van der Waals surface area contributed by atoms with Crippen LogP contribution in [0, 0.1) is 18.3 Å². The second-order valence-corrected chi connectivity index (χ2v) is 10.1. The van der Waals surface area contributed by atoms with E-state index in [0.29, 0.717) is 23.5 Å². The van der Waals surface area contributed by atoms with Gasteiger partial charge >= 0.3 is 0 Å². The predicted molar refractivity (Wildman–Crippen MR) is 120 cm³/mol. The van der Waals surface area contributed by atoms with Crippen LogP contribution in [-0.4, -0.2) is 37.9 Å². The summed E-state index contributed by atoms with van der Waals surface area (Å²) in [5, 5.41) is 12.3. The summed E-state index contributed by atoms with van der Waals surface area (Å²) in [4.78, 5) is 0.365. The molecule has 2 heterocycles. The number of aryl methyl sites for hydroxylation is 1. The Balaban J connectivity index is 1.39. The maximum atomic E-state index is 13.3. The number of piperazine rings is 1. The number of nitrogens with zero attached hydrogens (tertiary/aromatic N) is 2. The van der Waals surface area contributed by atoms with Crippen molar-refractivity contribution in [3.05, 3.63) is 89.5 Å². The number of nitriles is 1. The molecular formula is C25H23N3O2S. The standard InChI is InChI=1S/C25H23N3O2S/c1-17-2-12-22(13-3-17)31(29,30)28-23-15-27-16-24(28)25(23)21-10-8-20(9-11-21)19-6-4-18(14-26)5-7-19/h2-13,23-25,27H,15-16H2,1H3/t23-,24+,25?. The van der Waals surface area contributed by atoms with Crippen molar-refractivity contribution in [3.63, 3.8) is 0 Å². The van der Waals surface area contributed by atoms with Crippen molar-refractivity contribution in [1.82, 2.24) is 9.62 Å². The highest BCUT2D eigenvalue weighted by Gasteiger charge is 2.56. The third-order valence-electron chi connectivity index (χ3n) is 6.43. The van der Waals surface area contributed by atoms with Crippen LogP contribution >= 0.6 is 0 Å². The van der Waals surface area contributed by atoms with E-state index in [4.69, 9.17) is 5.26 Å². The summed E-state index contributed by atoms with van der Waals surface area (Å²) in [6.45, 7) is 3.27. The molecular weight excluding hydrogens is 406 g/mol. The Morgan fingerprint density at radius 3 is 1.97 bits per heavy atom. The lowest BCUT2D eigenvalue weighted by Gasteiger charge is -2.57. The number of fused-ring (bicyclic) bond motifs is 2. The summed E-state index contributed by atoms with van der Waals surface area (Å²) in [5.41, 5.74) is 5.00. The molecule has 2 bridgehead atoms. The maximum absolute atomic E-state index is 13.3. The lowest BCUT2D eigenvalue weighted by molar-refractivity contribution is 0.0370. The molecule has 1 unspecified atom stereocenters. The van der Waals surface area contributed by atoms with Gasteiger partial charge in [0.15, 0.2) is 0 Å². The summed E-state index contributed by atoms with van der Waals surface area (Å²) in [6, 6.07) is 25.0. The average Bonchev–Trinajstić information content (AvgIpc) is 2.80. The van der Waals surface area contributed by atoms with E-state index >= 15 is 0 Å². The first-order chi connectivity index (χ1) is 15.0. The zero-order valence-corrected chi connectivity index (χ0v) is 18.0. The van der Waals surface area contributed by atoms with Crippen molar-refractivity contribution in [2.45, 2.75) is 29.8 Å². The van der Waals surface area contributed by atoms with E-state index in [2.05, 4.69) is 35.7 Å². The third-order valence-corrected chi connectivity index (χ3v) is 8.39. The monoisotopic (exact) mass is 429 g/mol. The van der Waals surface area contributed by atoms with Gasteiger partial charge in [-0.3, -0.25) is 0 Å². The van der Waals surface area contributed by atoms with Gasteiger partial charge in [-0.25, -0.2) is 8.42 Å². The normalized spacial score (nSPS) is 23.0. The fourth-order valence-electron chi connectivity index (χ4n) is 4.80. The lowest BCUT2D eigenvalue weighted by atomic mass is 9.74. The minimum absolute atomic E-state index is 0.0779. The predicted octanol–water partition coefficient (Wildman–Crippen LogP) is 3.66. The smallest absolute Gasteiger partial charge is 0.243 e. The van der Waals surface area contributed by atoms with Gasteiger partial charge in [-0.2, -0.15) is 9.57 Å². The Morgan fingerprint density at radius 2 is 1.42 bits per heavy atom. The highest BCUT2D eigenvalue weighted by molar-refractivity contribution is 7.89. The van der Waals surface area contributed by atoms with Gasteiger partial charge in [0, 0.05) is 31.1 Å². The molecule has 2 aliphatic heterocycles. The first kappa shape index (κ1) is 20.0. The van der Waals surface area contributed by atoms with Crippen molar-refractivity contribution in [2.24, 2.45) is 0 Å². The second kappa shape index (κ2) is 7.61. The minimum Gasteiger partial charge on any atom is -0.313 e. The molecule has 0 spiro atoms. The molecule has 2 aliphatic rings. The zero-order chi connectivity index (χ0) is 21.6. The molecule has 31 heavy (non-hydrogen) atoms. The number of hydrogen-bond donors (Lipinski definition) is 1. The molecule has 156 valence electrons. The van der Waals surface area contributed by atoms with Gasteiger partial charge in [0.25, 0.3) is 0 Å². The largest absolute Gasteiger partial charge is 0.313 e. The molecule has 3 atom stereocenters. The van der Waals surface area contributed by atoms with E-state index in [0.717, 1.165) is 16.7 Å². The molecule has 0 aromatic heterocycles. The molecule has 0 radical (unpaired) electrons. The van der Waals surface area contributed by atoms with E-state index < -0.39 is 10.0 Å². The zero-order valence-electron chi connectivity index (χ0n) is 17.2. The van der Waals surface area contributed by atoms with Gasteiger partial charge in [-0.05, 0) is 47.9 Å². The minimum atomic E-state index is -3.51. The van der Waals surface area contributed by atoms with Crippen molar-refractivity contribution in [3.8, 4) is 17.2 Å². The molecule has 2 fully saturated rings. The SMILES string of the molecule is Cc1ccc(S(=O)(=O)N2[C@@H]3CNC[C@H]2C3c2ccc(-c3ccc(C#N)cc3)cc2)cc1. The van der Waals surface area contributed by atoms with E-state index in [9.17, 15) is 8.42 Å². The fraction of sp³-hybridized carbons (Fsp3) is 0.240. The Hall–Kier alpha value is -2.98. The first-order valence-electron chi connectivity index (χ1n) is 10.4. The van der Waals surface area contributed by atoms with Gasteiger partial charge in [-0.15, -0.1) is 0 Å². The van der Waals surface area contributed by atoms with Gasteiger partial charge in [0.05, 0.1) is 16.5 Å². The quantitative estimate of drug-likeness (QED) is 0.687. The van der Waals surface area contributed by atoms with Crippen LogP contribution in [0.5, 0.6) is 0 Å². The molecule has 0 saturated carbocycles. The number of rotatable bonds is 4. The molecule has 0 amide bonds. The summed E-state index contributed by atoms with van der Waals surface area (Å²) in [6.07, 6.45) is 0. The summed E-state index contributed by atoms with van der Waals surface area (Å²) in [5.74, 6) is 0.191. The summed E-state index contributed by atoms with van der Waals surface area (Å²) < 4.78 is 28.3. The van der Waals surface area contributed by atoms with E-state index in [1.807, 2.05) is 43.3 Å². The van der Waals surface area contributed by atoms with E-state index in [-0.39, 0.29) is 18.0 Å². The Labute approximate surface area is 183 Å². The Morgan fingerprint density at radius 1 is 0.871 bits per heavy atom. The molecule has 2 saturated heterocycles. The van der Waals surface area contributed by atoms with Crippen LogP contribution in [-0.2, 0) is 10.0 Å². The Kier molecular flexibility index (Phi) is 4.90. The van der Waals surface area contributed by atoms with Crippen LogP contribution in [0.25, 0.3) is 11.1 Å². The number of sulfonamides is 1. The van der Waals surface area contributed by atoms with Crippen molar-refractivity contribution in [2.75, 3.05) is 13.1 Å². The fourth-order valence-corrected chi connectivity index (χ4v) is 6.65. The van der Waals surface area contributed by atoms with Crippen LogP contribution in [0.15, 0.2) is 77.7 Å². The molecule has 1 N–H and O–H groups in total. The topological polar surface area (TPSA) is 73.2 Å². The van der Waals surface area contributed by atoms with Crippen LogP contribution in [0.1, 0.15) is 22.6 Å². The molecule has 3 aromatic carbocycles. The molecule has 5 nitrogen and oxygen atoms in total. The number of benzene rings is 3.